The monoisotopic (exact) mass is 270 g/mol. The smallest absolute Gasteiger partial charge is 0.318 e. The van der Waals surface area contributed by atoms with Crippen LogP contribution in [0.3, 0.4) is 0 Å². The number of anilines is 1. The highest BCUT2D eigenvalue weighted by Gasteiger charge is 2.40. The minimum absolute atomic E-state index is 0.0493. The second-order valence-corrected chi connectivity index (χ2v) is 6.18. The van der Waals surface area contributed by atoms with Crippen molar-refractivity contribution in [3.63, 3.8) is 0 Å². The van der Waals surface area contributed by atoms with Crippen molar-refractivity contribution in [2.75, 3.05) is 5.32 Å². The molecule has 20 heavy (non-hydrogen) atoms. The van der Waals surface area contributed by atoms with Gasteiger partial charge in [-0.25, -0.2) is 4.79 Å². The standard InChI is InChI=1S/C17H22N2O/c1-11-8-15-6-7-16(9-11)19(15)17(20)18-14-5-4-12(2)13(3)10-14/h4-5,10,15-16H,1,6-9H2,2-3H3,(H,18,20). The van der Waals surface area contributed by atoms with Gasteiger partial charge in [-0.1, -0.05) is 18.2 Å². The number of hydrogen-bond donors (Lipinski definition) is 1. The lowest BCUT2D eigenvalue weighted by atomic mass is 9.99. The van der Waals surface area contributed by atoms with Gasteiger partial charge in [-0.3, -0.25) is 0 Å². The molecule has 2 fully saturated rings. The Morgan fingerprint density at radius 2 is 1.85 bits per heavy atom. The van der Waals surface area contributed by atoms with Gasteiger partial charge in [0.25, 0.3) is 0 Å². The molecule has 1 N–H and O–H groups in total. The highest BCUT2D eigenvalue weighted by atomic mass is 16.2. The van der Waals surface area contributed by atoms with Gasteiger partial charge in [0, 0.05) is 17.8 Å². The summed E-state index contributed by atoms with van der Waals surface area (Å²) >= 11 is 0. The Morgan fingerprint density at radius 1 is 1.20 bits per heavy atom. The third-order valence-corrected chi connectivity index (χ3v) is 4.66. The van der Waals surface area contributed by atoms with Crippen molar-refractivity contribution in [3.05, 3.63) is 41.5 Å². The van der Waals surface area contributed by atoms with Crippen molar-refractivity contribution < 1.29 is 4.79 Å². The summed E-state index contributed by atoms with van der Waals surface area (Å²) < 4.78 is 0. The van der Waals surface area contributed by atoms with Crippen LogP contribution in [-0.2, 0) is 0 Å². The van der Waals surface area contributed by atoms with E-state index in [0.717, 1.165) is 31.4 Å². The number of piperidine rings is 1. The Balaban J connectivity index is 1.73. The Morgan fingerprint density at radius 3 is 2.45 bits per heavy atom. The highest BCUT2D eigenvalue weighted by Crippen LogP contribution is 2.37. The van der Waals surface area contributed by atoms with E-state index < -0.39 is 0 Å². The first kappa shape index (κ1) is 13.2. The summed E-state index contributed by atoms with van der Waals surface area (Å²) in [5.41, 5.74) is 4.64. The number of amides is 2. The lowest BCUT2D eigenvalue weighted by Gasteiger charge is -2.35. The molecule has 0 aliphatic carbocycles. The topological polar surface area (TPSA) is 32.3 Å². The lowest BCUT2D eigenvalue weighted by Crippen LogP contribution is -2.46. The Bertz CT molecular complexity index is 548. The number of carbonyl (C=O) groups is 1. The molecule has 2 saturated heterocycles. The maximum Gasteiger partial charge on any atom is 0.322 e. The fraction of sp³-hybridized carbons (Fsp3) is 0.471. The Labute approximate surface area is 120 Å². The van der Waals surface area contributed by atoms with Crippen LogP contribution in [0.1, 0.15) is 36.8 Å². The van der Waals surface area contributed by atoms with Gasteiger partial charge in [0.2, 0.25) is 0 Å². The molecule has 0 spiro atoms. The fourth-order valence-electron chi connectivity index (χ4n) is 3.45. The molecule has 2 atom stereocenters. The Hall–Kier alpha value is -1.77. The number of urea groups is 1. The van der Waals surface area contributed by atoms with Gasteiger partial charge in [0.1, 0.15) is 0 Å². The van der Waals surface area contributed by atoms with Crippen LogP contribution in [0, 0.1) is 13.8 Å². The molecule has 2 aliphatic rings. The Kier molecular flexibility index (Phi) is 3.28. The zero-order valence-electron chi connectivity index (χ0n) is 12.3. The van der Waals surface area contributed by atoms with Crippen molar-refractivity contribution in [2.24, 2.45) is 0 Å². The maximum atomic E-state index is 12.5. The molecule has 3 heteroatoms. The van der Waals surface area contributed by atoms with E-state index in [1.54, 1.807) is 0 Å². The van der Waals surface area contributed by atoms with Crippen molar-refractivity contribution >= 4 is 11.7 Å². The van der Waals surface area contributed by atoms with Crippen molar-refractivity contribution in [1.82, 2.24) is 4.90 Å². The number of nitrogens with one attached hydrogen (secondary N) is 1. The summed E-state index contributed by atoms with van der Waals surface area (Å²) in [6.07, 6.45) is 4.17. The van der Waals surface area contributed by atoms with Crippen LogP contribution in [0.15, 0.2) is 30.4 Å². The number of rotatable bonds is 1. The summed E-state index contributed by atoms with van der Waals surface area (Å²) in [7, 11) is 0. The second kappa shape index (κ2) is 4.97. The minimum Gasteiger partial charge on any atom is -0.318 e. The predicted octanol–water partition coefficient (Wildman–Crippen LogP) is 4.02. The highest BCUT2D eigenvalue weighted by molar-refractivity contribution is 5.90. The summed E-state index contributed by atoms with van der Waals surface area (Å²) in [5, 5.41) is 3.05. The SMILES string of the molecule is C=C1CC2CCC(C1)N2C(=O)Nc1ccc(C)c(C)c1. The zero-order chi connectivity index (χ0) is 14.3. The van der Waals surface area contributed by atoms with Crippen LogP contribution in [0.2, 0.25) is 0 Å². The van der Waals surface area contributed by atoms with E-state index in [-0.39, 0.29) is 6.03 Å². The molecular weight excluding hydrogens is 248 g/mol. The number of nitrogens with zero attached hydrogens (tertiary/aromatic N) is 1. The van der Waals surface area contributed by atoms with E-state index in [1.807, 2.05) is 17.0 Å². The molecule has 0 saturated carbocycles. The number of fused-ring (bicyclic) bond motifs is 2. The van der Waals surface area contributed by atoms with E-state index >= 15 is 0 Å². The zero-order valence-corrected chi connectivity index (χ0v) is 12.3. The summed E-state index contributed by atoms with van der Waals surface area (Å²) in [4.78, 5) is 14.6. The number of aryl methyl sites for hydroxylation is 2. The second-order valence-electron chi connectivity index (χ2n) is 6.18. The molecule has 2 unspecified atom stereocenters. The van der Waals surface area contributed by atoms with Gasteiger partial charge in [-0.2, -0.15) is 0 Å². The number of benzene rings is 1. The van der Waals surface area contributed by atoms with Crippen LogP contribution in [0.25, 0.3) is 0 Å². The van der Waals surface area contributed by atoms with Gasteiger partial charge >= 0.3 is 6.03 Å². The molecule has 1 aromatic rings. The first-order valence-corrected chi connectivity index (χ1v) is 7.38. The van der Waals surface area contributed by atoms with Gasteiger partial charge < -0.3 is 10.2 Å². The molecule has 2 heterocycles. The summed E-state index contributed by atoms with van der Waals surface area (Å²) in [5.74, 6) is 0. The van der Waals surface area contributed by atoms with Gasteiger partial charge in [0.15, 0.2) is 0 Å². The maximum absolute atomic E-state index is 12.5. The minimum atomic E-state index is 0.0493. The molecule has 3 rings (SSSR count). The van der Waals surface area contributed by atoms with E-state index in [0.29, 0.717) is 12.1 Å². The first-order chi connectivity index (χ1) is 9.54. The summed E-state index contributed by atoms with van der Waals surface area (Å²) in [6, 6.07) is 6.83. The van der Waals surface area contributed by atoms with Crippen LogP contribution < -0.4 is 5.32 Å². The number of hydrogen-bond acceptors (Lipinski definition) is 1. The lowest BCUT2D eigenvalue weighted by molar-refractivity contribution is 0.174. The van der Waals surface area contributed by atoms with Crippen molar-refractivity contribution in [3.8, 4) is 0 Å². The third-order valence-electron chi connectivity index (χ3n) is 4.66. The molecule has 3 nitrogen and oxygen atoms in total. The predicted molar refractivity (Wildman–Crippen MR) is 82.0 cm³/mol. The van der Waals surface area contributed by atoms with E-state index in [1.165, 1.54) is 16.7 Å². The van der Waals surface area contributed by atoms with Crippen LogP contribution in [0.5, 0.6) is 0 Å². The van der Waals surface area contributed by atoms with Gasteiger partial charge in [-0.15, -0.1) is 0 Å². The first-order valence-electron chi connectivity index (χ1n) is 7.38. The average molecular weight is 270 g/mol. The van der Waals surface area contributed by atoms with E-state index in [4.69, 9.17) is 0 Å². The molecule has 2 bridgehead atoms. The average Bonchev–Trinajstić information content (AvgIpc) is 2.66. The number of carbonyl (C=O) groups excluding carboxylic acids is 1. The van der Waals surface area contributed by atoms with Gasteiger partial charge in [-0.05, 0) is 62.8 Å². The van der Waals surface area contributed by atoms with Crippen LogP contribution >= 0.6 is 0 Å². The van der Waals surface area contributed by atoms with Crippen LogP contribution in [0.4, 0.5) is 10.5 Å². The summed E-state index contributed by atoms with van der Waals surface area (Å²) in [6.45, 7) is 8.25. The molecular formula is C17H22N2O. The third kappa shape index (κ3) is 2.33. The van der Waals surface area contributed by atoms with Crippen molar-refractivity contribution in [2.45, 2.75) is 51.6 Å². The molecule has 0 aromatic heterocycles. The van der Waals surface area contributed by atoms with E-state index in [9.17, 15) is 4.79 Å². The van der Waals surface area contributed by atoms with Gasteiger partial charge in [0.05, 0.1) is 0 Å². The quantitative estimate of drug-likeness (QED) is 0.768. The molecule has 2 amide bonds. The largest absolute Gasteiger partial charge is 0.322 e. The molecule has 1 aromatic carbocycles. The normalized spacial score (nSPS) is 24.9. The molecule has 106 valence electrons. The fourth-order valence-corrected chi connectivity index (χ4v) is 3.45. The van der Waals surface area contributed by atoms with Crippen molar-refractivity contribution in [1.29, 1.82) is 0 Å². The van der Waals surface area contributed by atoms with E-state index in [2.05, 4.69) is 31.8 Å². The molecule has 0 radical (unpaired) electrons. The molecule has 2 aliphatic heterocycles. The van der Waals surface area contributed by atoms with Crippen LogP contribution in [-0.4, -0.2) is 23.0 Å².